The molecule has 2 aromatic rings. The number of phenols is 1. The van der Waals surface area contributed by atoms with Gasteiger partial charge >= 0.3 is 5.97 Å². The van der Waals surface area contributed by atoms with Crippen molar-refractivity contribution in [2.24, 2.45) is 10.9 Å². The number of hydrogen-bond donors (Lipinski definition) is 2. The van der Waals surface area contributed by atoms with Gasteiger partial charge in [0.1, 0.15) is 6.04 Å². The van der Waals surface area contributed by atoms with Crippen molar-refractivity contribution in [3.8, 4) is 11.5 Å². The maximum atomic E-state index is 13.1. The molecule has 10 heteroatoms. The largest absolute Gasteiger partial charge is 0.504 e. The van der Waals surface area contributed by atoms with E-state index in [2.05, 4.69) is 10.2 Å². The molecule has 2 aliphatic heterocycles. The number of esters is 1. The lowest BCUT2D eigenvalue weighted by molar-refractivity contribution is -0.153. The lowest BCUT2D eigenvalue weighted by atomic mass is 9.91. The van der Waals surface area contributed by atoms with Gasteiger partial charge in [0.05, 0.1) is 13.2 Å². The fourth-order valence-electron chi connectivity index (χ4n) is 4.30. The number of rotatable bonds is 6. The highest BCUT2D eigenvalue weighted by molar-refractivity contribution is 6.30. The number of hydrogen-bond acceptors (Lipinski definition) is 8. The monoisotopic (exact) mass is 500 g/mol. The minimum atomic E-state index is -1.15. The normalized spacial score (nSPS) is 20.2. The summed E-state index contributed by atoms with van der Waals surface area (Å²) in [5, 5.41) is 13.6. The van der Waals surface area contributed by atoms with Crippen molar-refractivity contribution in [1.29, 1.82) is 0 Å². The molecule has 9 nitrogen and oxygen atoms in total. The molecule has 0 spiro atoms. The Balaban J connectivity index is 1.60. The summed E-state index contributed by atoms with van der Waals surface area (Å²) in [6, 6.07) is 11.6. The van der Waals surface area contributed by atoms with Crippen LogP contribution in [0.4, 0.5) is 5.69 Å². The van der Waals surface area contributed by atoms with Crippen LogP contribution < -0.4 is 15.0 Å². The Bertz CT molecular complexity index is 1120. The number of ether oxygens (including phenoxy) is 2. The van der Waals surface area contributed by atoms with Crippen LogP contribution in [0.2, 0.25) is 5.02 Å². The van der Waals surface area contributed by atoms with Gasteiger partial charge in [0.15, 0.2) is 17.4 Å². The topological polar surface area (TPSA) is 104 Å². The zero-order valence-electron chi connectivity index (χ0n) is 19.7. The van der Waals surface area contributed by atoms with Gasteiger partial charge in [-0.3, -0.25) is 14.9 Å². The van der Waals surface area contributed by atoms with E-state index in [-0.39, 0.29) is 18.1 Å². The molecule has 2 aliphatic rings. The van der Waals surface area contributed by atoms with Crippen LogP contribution in [0.1, 0.15) is 25.5 Å². The average Bonchev–Trinajstić information content (AvgIpc) is 2.85. The molecule has 0 saturated carbocycles. The maximum Gasteiger partial charge on any atom is 0.321 e. The smallest absolute Gasteiger partial charge is 0.321 e. The van der Waals surface area contributed by atoms with Crippen LogP contribution in [0.25, 0.3) is 0 Å². The van der Waals surface area contributed by atoms with Crippen molar-refractivity contribution < 1.29 is 24.2 Å². The van der Waals surface area contributed by atoms with Crippen molar-refractivity contribution in [1.82, 2.24) is 10.2 Å². The van der Waals surface area contributed by atoms with Crippen LogP contribution >= 0.6 is 11.6 Å². The summed E-state index contributed by atoms with van der Waals surface area (Å²) in [4.78, 5) is 34.8. The van der Waals surface area contributed by atoms with Gasteiger partial charge in [-0.15, -0.1) is 0 Å². The maximum absolute atomic E-state index is 13.1. The van der Waals surface area contributed by atoms with Gasteiger partial charge in [-0.1, -0.05) is 23.7 Å². The predicted molar refractivity (Wildman–Crippen MR) is 133 cm³/mol. The second kappa shape index (κ2) is 10.9. The molecule has 4 rings (SSSR count). The van der Waals surface area contributed by atoms with Crippen molar-refractivity contribution in [2.45, 2.75) is 19.9 Å². The number of anilines is 1. The zero-order chi connectivity index (χ0) is 24.9. The lowest BCUT2D eigenvalue weighted by Gasteiger charge is -2.39. The van der Waals surface area contributed by atoms with Crippen LogP contribution in [0.3, 0.4) is 0 Å². The molecule has 2 atom stereocenters. The van der Waals surface area contributed by atoms with Crippen LogP contribution in [-0.4, -0.2) is 67.2 Å². The molecule has 2 aromatic carbocycles. The van der Waals surface area contributed by atoms with E-state index in [0.717, 1.165) is 18.8 Å². The molecular formula is C25H29ClN4O5. The van der Waals surface area contributed by atoms with E-state index in [9.17, 15) is 14.7 Å². The Hall–Kier alpha value is -3.46. The summed E-state index contributed by atoms with van der Waals surface area (Å²) in [6.07, 6.45) is 0. The first kappa shape index (κ1) is 24.7. The fraction of sp³-hybridized carbons (Fsp3) is 0.400. The van der Waals surface area contributed by atoms with E-state index >= 15 is 0 Å². The van der Waals surface area contributed by atoms with Crippen molar-refractivity contribution in [2.75, 3.05) is 44.3 Å². The number of carbonyl (C=O) groups is 2. The minimum Gasteiger partial charge on any atom is -0.504 e. The molecule has 1 saturated heterocycles. The second-order valence-corrected chi connectivity index (χ2v) is 8.67. The minimum absolute atomic E-state index is 0.0233. The molecule has 186 valence electrons. The number of amides is 1. The molecule has 1 fully saturated rings. The summed E-state index contributed by atoms with van der Waals surface area (Å²) >= 11 is 6.14. The zero-order valence-corrected chi connectivity index (χ0v) is 20.5. The molecule has 0 aromatic heterocycles. The highest BCUT2D eigenvalue weighted by Gasteiger charge is 2.42. The van der Waals surface area contributed by atoms with E-state index in [1.807, 2.05) is 29.2 Å². The number of aromatic hydroxyl groups is 1. The summed E-state index contributed by atoms with van der Waals surface area (Å²) in [7, 11) is 0. The van der Waals surface area contributed by atoms with E-state index in [1.165, 1.54) is 6.07 Å². The Morgan fingerprint density at radius 1 is 1.11 bits per heavy atom. The fourth-order valence-corrected chi connectivity index (χ4v) is 4.49. The van der Waals surface area contributed by atoms with Crippen LogP contribution in [0.15, 0.2) is 47.5 Å². The summed E-state index contributed by atoms with van der Waals surface area (Å²) < 4.78 is 10.7. The molecule has 0 aliphatic carbocycles. The van der Waals surface area contributed by atoms with Gasteiger partial charge in [-0.05, 0) is 49.7 Å². The molecular weight excluding hydrogens is 472 g/mol. The standard InChI is InChI=1S/C25H29ClN4O5/c1-3-34-20-14-16(8-9-19(20)31)22-21(24(33)35-4-2)23(32)28-25(27-22)30-12-10-29(11-13-30)18-7-5-6-17(26)15-18/h5-9,14-15,21-22,31H,3-4,10-13H2,1-2H3,(H,27,28,32). The molecule has 0 bridgehead atoms. The van der Waals surface area contributed by atoms with Crippen LogP contribution in [-0.2, 0) is 14.3 Å². The Kier molecular flexibility index (Phi) is 7.65. The number of nitrogens with one attached hydrogen (secondary N) is 1. The Labute approximate surface area is 209 Å². The Morgan fingerprint density at radius 3 is 2.54 bits per heavy atom. The van der Waals surface area contributed by atoms with Crippen LogP contribution in [0.5, 0.6) is 11.5 Å². The van der Waals surface area contributed by atoms with E-state index in [0.29, 0.717) is 36.2 Å². The molecule has 2 unspecified atom stereocenters. The summed E-state index contributed by atoms with van der Waals surface area (Å²) in [6.45, 7) is 6.69. The molecule has 1 amide bonds. The number of carbonyl (C=O) groups excluding carboxylic acids is 2. The first-order chi connectivity index (χ1) is 16.9. The van der Waals surface area contributed by atoms with Gasteiger partial charge in [-0.25, -0.2) is 4.99 Å². The predicted octanol–water partition coefficient (Wildman–Crippen LogP) is 2.97. The third kappa shape index (κ3) is 5.45. The number of benzene rings is 2. The van der Waals surface area contributed by atoms with E-state index in [1.54, 1.807) is 26.0 Å². The third-order valence-corrected chi connectivity index (χ3v) is 6.25. The number of phenolic OH excluding ortho intramolecular Hbond substituents is 1. The number of halogens is 1. The average molecular weight is 501 g/mol. The first-order valence-corrected chi connectivity index (χ1v) is 12.1. The van der Waals surface area contributed by atoms with Crippen LogP contribution in [0, 0.1) is 5.92 Å². The molecule has 0 radical (unpaired) electrons. The van der Waals surface area contributed by atoms with E-state index in [4.69, 9.17) is 26.1 Å². The van der Waals surface area contributed by atoms with Crippen molar-refractivity contribution in [3.63, 3.8) is 0 Å². The quantitative estimate of drug-likeness (QED) is 0.464. The summed E-state index contributed by atoms with van der Waals surface area (Å²) in [5.74, 6) is -1.60. The highest BCUT2D eigenvalue weighted by atomic mass is 35.5. The first-order valence-electron chi connectivity index (χ1n) is 11.7. The highest BCUT2D eigenvalue weighted by Crippen LogP contribution is 2.36. The third-order valence-electron chi connectivity index (χ3n) is 6.01. The van der Waals surface area contributed by atoms with Gasteiger partial charge in [0, 0.05) is 36.9 Å². The summed E-state index contributed by atoms with van der Waals surface area (Å²) in [5.41, 5.74) is 1.62. The number of nitrogens with zero attached hydrogens (tertiary/aromatic N) is 3. The van der Waals surface area contributed by atoms with Gasteiger partial charge in [0.25, 0.3) is 0 Å². The number of aliphatic imine (C=N–C) groups is 1. The molecule has 2 heterocycles. The SMILES string of the molecule is CCOC(=O)C1C(=O)NC(N2CCN(c3cccc(Cl)c3)CC2)=NC1c1ccc(O)c(OCC)c1. The second-order valence-electron chi connectivity index (χ2n) is 8.23. The van der Waals surface area contributed by atoms with E-state index < -0.39 is 23.8 Å². The molecule has 2 N–H and O–H groups in total. The van der Waals surface area contributed by atoms with Gasteiger partial charge in [0.2, 0.25) is 11.9 Å². The van der Waals surface area contributed by atoms with Gasteiger partial charge in [-0.2, -0.15) is 0 Å². The Morgan fingerprint density at radius 2 is 1.86 bits per heavy atom. The number of guanidine groups is 1. The van der Waals surface area contributed by atoms with Gasteiger partial charge < -0.3 is 24.4 Å². The number of piperazine rings is 1. The molecule has 35 heavy (non-hydrogen) atoms. The van der Waals surface area contributed by atoms with Crippen molar-refractivity contribution in [3.05, 3.63) is 53.1 Å². The van der Waals surface area contributed by atoms with Crippen molar-refractivity contribution >= 4 is 35.1 Å². The lowest BCUT2D eigenvalue weighted by Crippen LogP contribution is -2.57.